The molecule has 0 atom stereocenters. The van der Waals surface area contributed by atoms with Crippen molar-refractivity contribution in [1.82, 2.24) is 4.57 Å². The van der Waals surface area contributed by atoms with Gasteiger partial charge in [0.1, 0.15) is 23.6 Å². The summed E-state index contributed by atoms with van der Waals surface area (Å²) in [5, 5.41) is 0.531. The van der Waals surface area contributed by atoms with Crippen LogP contribution in [-0.2, 0) is 12.7 Å². The van der Waals surface area contributed by atoms with Gasteiger partial charge in [-0.1, -0.05) is 23.2 Å². The zero-order valence-electron chi connectivity index (χ0n) is 12.4. The van der Waals surface area contributed by atoms with E-state index in [1.54, 1.807) is 0 Å². The minimum Gasteiger partial charge on any atom is -0.490 e. The van der Waals surface area contributed by atoms with Crippen LogP contribution >= 0.6 is 23.2 Å². The molecule has 0 radical (unpaired) electrons. The standard InChI is InChI=1S/C15H11Cl2F3N2O3/c16-8-1-3-11(10(17)7-8)25-6-5-22-12(15(18,19)20)4-2-9(13(21)23)14(22)24/h1-4,7H,5-6H2,(H2,21,23). The number of hydrogen-bond donors (Lipinski definition) is 1. The van der Waals surface area contributed by atoms with E-state index in [9.17, 15) is 22.8 Å². The molecule has 1 heterocycles. The topological polar surface area (TPSA) is 74.3 Å². The molecule has 1 aromatic heterocycles. The summed E-state index contributed by atoms with van der Waals surface area (Å²) in [6, 6.07) is 5.71. The monoisotopic (exact) mass is 394 g/mol. The lowest BCUT2D eigenvalue weighted by Gasteiger charge is -2.16. The molecule has 1 aromatic carbocycles. The highest BCUT2D eigenvalue weighted by molar-refractivity contribution is 6.35. The number of carbonyl (C=O) groups is 1. The van der Waals surface area contributed by atoms with Crippen LogP contribution in [0.1, 0.15) is 16.1 Å². The quantitative estimate of drug-likeness (QED) is 0.844. The molecular formula is C15H11Cl2F3N2O3. The molecule has 0 bridgehead atoms. The van der Waals surface area contributed by atoms with Gasteiger partial charge in [-0.25, -0.2) is 0 Å². The van der Waals surface area contributed by atoms with Gasteiger partial charge in [0, 0.05) is 5.02 Å². The van der Waals surface area contributed by atoms with Crippen LogP contribution in [0.25, 0.3) is 0 Å². The van der Waals surface area contributed by atoms with Gasteiger partial charge in [0.15, 0.2) is 0 Å². The second kappa shape index (κ2) is 7.37. The largest absolute Gasteiger partial charge is 0.490 e. The zero-order chi connectivity index (χ0) is 18.8. The second-order valence-electron chi connectivity index (χ2n) is 4.87. The van der Waals surface area contributed by atoms with Crippen LogP contribution < -0.4 is 16.0 Å². The first-order valence-corrected chi connectivity index (χ1v) is 7.55. The van der Waals surface area contributed by atoms with Gasteiger partial charge >= 0.3 is 6.18 Å². The number of nitrogens with two attached hydrogens (primary N) is 1. The lowest BCUT2D eigenvalue weighted by molar-refractivity contribution is -0.144. The summed E-state index contributed by atoms with van der Waals surface area (Å²) >= 11 is 11.6. The number of ether oxygens (including phenoxy) is 1. The van der Waals surface area contributed by atoms with E-state index in [2.05, 4.69) is 0 Å². The highest BCUT2D eigenvalue weighted by Gasteiger charge is 2.35. The average Bonchev–Trinajstić information content (AvgIpc) is 2.49. The Labute approximate surface area is 149 Å². The average molecular weight is 395 g/mol. The number of primary amides is 1. The normalized spacial score (nSPS) is 11.4. The van der Waals surface area contributed by atoms with Crippen molar-refractivity contribution >= 4 is 29.1 Å². The van der Waals surface area contributed by atoms with E-state index >= 15 is 0 Å². The van der Waals surface area contributed by atoms with E-state index in [1.165, 1.54) is 18.2 Å². The fourth-order valence-corrected chi connectivity index (χ4v) is 2.54. The predicted octanol–water partition coefficient (Wildman–Crippen LogP) is 3.35. The Balaban J connectivity index is 2.29. The summed E-state index contributed by atoms with van der Waals surface area (Å²) in [6.45, 7) is -0.764. The van der Waals surface area contributed by atoms with Crippen LogP contribution in [0.3, 0.4) is 0 Å². The molecule has 2 rings (SSSR count). The first-order chi connectivity index (χ1) is 11.6. The van der Waals surface area contributed by atoms with Crippen LogP contribution in [0.4, 0.5) is 13.2 Å². The summed E-state index contributed by atoms with van der Waals surface area (Å²) in [4.78, 5) is 23.3. The minimum atomic E-state index is -4.78. The molecule has 5 nitrogen and oxygen atoms in total. The lowest BCUT2D eigenvalue weighted by atomic mass is 10.2. The summed E-state index contributed by atoms with van der Waals surface area (Å²) in [7, 11) is 0. The van der Waals surface area contributed by atoms with E-state index in [0.29, 0.717) is 15.7 Å². The molecule has 2 N–H and O–H groups in total. The maximum Gasteiger partial charge on any atom is 0.431 e. The third-order valence-electron chi connectivity index (χ3n) is 3.20. The second-order valence-corrected chi connectivity index (χ2v) is 5.72. The van der Waals surface area contributed by atoms with Crippen LogP contribution in [0.2, 0.25) is 10.0 Å². The number of amides is 1. The number of benzene rings is 1. The summed E-state index contributed by atoms with van der Waals surface area (Å²) in [5.74, 6) is -0.923. The Morgan fingerprint density at radius 3 is 2.44 bits per heavy atom. The van der Waals surface area contributed by atoms with Crippen molar-refractivity contribution in [3.8, 4) is 5.75 Å². The van der Waals surface area contributed by atoms with Crippen molar-refractivity contribution < 1.29 is 22.7 Å². The van der Waals surface area contributed by atoms with E-state index in [-0.39, 0.29) is 17.4 Å². The number of hydrogen-bond acceptors (Lipinski definition) is 3. The van der Waals surface area contributed by atoms with Gasteiger partial charge in [0.05, 0.1) is 11.6 Å². The molecule has 0 aliphatic heterocycles. The minimum absolute atomic E-state index is 0.168. The number of nitrogens with zero attached hydrogens (tertiary/aromatic N) is 1. The Morgan fingerprint density at radius 2 is 1.88 bits per heavy atom. The molecule has 0 unspecified atom stereocenters. The molecule has 0 aliphatic carbocycles. The summed E-state index contributed by atoms with van der Waals surface area (Å²) in [6.07, 6.45) is -4.78. The molecule has 134 valence electrons. The van der Waals surface area contributed by atoms with Crippen LogP contribution in [0.5, 0.6) is 5.75 Å². The number of pyridine rings is 1. The summed E-state index contributed by atoms with van der Waals surface area (Å²) in [5.41, 5.74) is 2.10. The van der Waals surface area contributed by atoms with Gasteiger partial charge in [-0.2, -0.15) is 13.2 Å². The number of halogens is 5. The number of rotatable bonds is 5. The molecule has 10 heteroatoms. The summed E-state index contributed by atoms with van der Waals surface area (Å²) < 4.78 is 44.9. The molecule has 0 fully saturated rings. The van der Waals surface area contributed by atoms with Gasteiger partial charge in [0.2, 0.25) is 0 Å². The van der Waals surface area contributed by atoms with Gasteiger partial charge in [-0.05, 0) is 30.3 Å². The maximum absolute atomic E-state index is 13.1. The van der Waals surface area contributed by atoms with Crippen molar-refractivity contribution in [2.75, 3.05) is 6.61 Å². The molecule has 1 amide bonds. The Bertz CT molecular complexity index is 866. The van der Waals surface area contributed by atoms with Crippen LogP contribution in [-0.4, -0.2) is 17.1 Å². The molecule has 25 heavy (non-hydrogen) atoms. The number of alkyl halides is 3. The predicted molar refractivity (Wildman–Crippen MR) is 86.2 cm³/mol. The molecule has 0 saturated carbocycles. The van der Waals surface area contributed by atoms with E-state index < -0.39 is 35.4 Å². The number of aromatic nitrogens is 1. The zero-order valence-corrected chi connectivity index (χ0v) is 14.0. The van der Waals surface area contributed by atoms with Crippen molar-refractivity contribution in [3.63, 3.8) is 0 Å². The van der Waals surface area contributed by atoms with Crippen molar-refractivity contribution in [3.05, 3.63) is 62.0 Å². The van der Waals surface area contributed by atoms with Crippen molar-refractivity contribution in [2.45, 2.75) is 12.7 Å². The Kier molecular flexibility index (Phi) is 5.64. The molecule has 2 aromatic rings. The Hall–Kier alpha value is -2.19. The first kappa shape index (κ1) is 19.1. The fraction of sp³-hybridized carbons (Fsp3) is 0.200. The van der Waals surface area contributed by atoms with Crippen LogP contribution in [0, 0.1) is 0 Å². The van der Waals surface area contributed by atoms with Crippen LogP contribution in [0.15, 0.2) is 35.1 Å². The van der Waals surface area contributed by atoms with Gasteiger partial charge < -0.3 is 15.0 Å². The fourth-order valence-electron chi connectivity index (χ4n) is 2.07. The third kappa shape index (κ3) is 4.46. The highest BCUT2D eigenvalue weighted by Crippen LogP contribution is 2.29. The van der Waals surface area contributed by atoms with Crippen molar-refractivity contribution in [1.29, 1.82) is 0 Å². The van der Waals surface area contributed by atoms with Crippen molar-refractivity contribution in [2.24, 2.45) is 5.73 Å². The third-order valence-corrected chi connectivity index (χ3v) is 3.73. The van der Waals surface area contributed by atoms with Gasteiger partial charge in [0.25, 0.3) is 11.5 Å². The van der Waals surface area contributed by atoms with E-state index in [1.807, 2.05) is 0 Å². The number of carbonyl (C=O) groups excluding carboxylic acids is 1. The molecule has 0 spiro atoms. The molecule has 0 saturated heterocycles. The Morgan fingerprint density at radius 1 is 1.20 bits per heavy atom. The maximum atomic E-state index is 13.1. The lowest BCUT2D eigenvalue weighted by Crippen LogP contribution is -2.35. The van der Waals surface area contributed by atoms with E-state index in [0.717, 1.165) is 6.07 Å². The molecular weight excluding hydrogens is 384 g/mol. The van der Waals surface area contributed by atoms with Gasteiger partial charge in [-0.3, -0.25) is 9.59 Å². The molecule has 0 aliphatic rings. The van der Waals surface area contributed by atoms with Gasteiger partial charge in [-0.15, -0.1) is 0 Å². The smallest absolute Gasteiger partial charge is 0.431 e. The SMILES string of the molecule is NC(=O)c1ccc(C(F)(F)F)n(CCOc2ccc(Cl)cc2Cl)c1=O. The highest BCUT2D eigenvalue weighted by atomic mass is 35.5. The van der Waals surface area contributed by atoms with E-state index in [4.69, 9.17) is 33.7 Å². The first-order valence-electron chi connectivity index (χ1n) is 6.80.